The highest BCUT2D eigenvalue weighted by atomic mass is 127. The Morgan fingerprint density at radius 3 is 1.61 bits per heavy atom. The van der Waals surface area contributed by atoms with Gasteiger partial charge in [-0.25, -0.2) is 14.4 Å². The van der Waals surface area contributed by atoms with Gasteiger partial charge in [-0.1, -0.05) is 24.3 Å². The molecule has 0 bridgehead atoms. The molecule has 3 rings (SSSR count). The number of anilines is 1. The number of amides is 1. The number of benzene rings is 3. The van der Waals surface area contributed by atoms with Crippen molar-refractivity contribution in [3.8, 4) is 0 Å². The van der Waals surface area contributed by atoms with E-state index in [1.165, 1.54) is 12.1 Å². The van der Waals surface area contributed by atoms with Crippen LogP contribution >= 0.6 is 22.6 Å². The molecule has 1 amide bonds. The highest BCUT2D eigenvalue weighted by Crippen LogP contribution is 2.31. The van der Waals surface area contributed by atoms with Crippen LogP contribution in [0.25, 0.3) is 0 Å². The first-order valence-electron chi connectivity index (χ1n) is 11.1. The van der Waals surface area contributed by atoms with E-state index in [0.717, 1.165) is 24.3 Å². The zero-order chi connectivity index (χ0) is 30.5. The summed E-state index contributed by atoms with van der Waals surface area (Å²) in [5, 5.41) is 12.0. The van der Waals surface area contributed by atoms with E-state index < -0.39 is 70.6 Å². The number of alkyl halides is 6. The highest BCUT2D eigenvalue weighted by Gasteiger charge is 2.42. The van der Waals surface area contributed by atoms with Gasteiger partial charge in [0.25, 0.3) is 5.91 Å². The van der Waals surface area contributed by atoms with Crippen LogP contribution in [0.2, 0.25) is 0 Å². The predicted molar refractivity (Wildman–Crippen MR) is 137 cm³/mol. The lowest BCUT2D eigenvalue weighted by Gasteiger charge is -2.24. The van der Waals surface area contributed by atoms with Gasteiger partial charge >= 0.3 is 30.3 Å². The highest BCUT2D eigenvalue weighted by molar-refractivity contribution is 14.1. The zero-order valence-corrected chi connectivity index (χ0v) is 22.3. The van der Waals surface area contributed by atoms with E-state index in [-0.39, 0.29) is 5.69 Å². The molecule has 3 aromatic carbocycles. The SMILES string of the molecule is O=C(O[C@H](C(=O)O)[C@H](OC(=O)c1cccc(C(F)(F)F)c1)C(=O)Nc1ccccc1I)c1cccc(C(F)(F)F)c1. The van der Waals surface area contributed by atoms with Crippen molar-refractivity contribution in [1.82, 2.24) is 0 Å². The number of halogens is 7. The molecule has 0 aliphatic rings. The predicted octanol–water partition coefficient (Wildman–Crippen LogP) is 5.80. The molecule has 15 heteroatoms. The van der Waals surface area contributed by atoms with E-state index in [2.05, 4.69) is 5.32 Å². The minimum absolute atomic E-state index is 0.103. The van der Waals surface area contributed by atoms with Crippen LogP contribution < -0.4 is 5.32 Å². The van der Waals surface area contributed by atoms with Gasteiger partial charge in [-0.15, -0.1) is 0 Å². The number of esters is 2. The molecule has 0 fully saturated rings. The topological polar surface area (TPSA) is 119 Å². The van der Waals surface area contributed by atoms with Crippen molar-refractivity contribution in [3.63, 3.8) is 0 Å². The normalized spacial score (nSPS) is 13.0. The fourth-order valence-corrected chi connectivity index (χ4v) is 3.79. The second-order valence-corrected chi connectivity index (χ2v) is 9.28. The summed E-state index contributed by atoms with van der Waals surface area (Å²) in [6, 6.07) is 11.6. The minimum Gasteiger partial charge on any atom is -0.478 e. The quantitative estimate of drug-likeness (QED) is 0.174. The molecule has 0 spiro atoms. The first-order valence-corrected chi connectivity index (χ1v) is 12.2. The average Bonchev–Trinajstić information content (AvgIpc) is 2.90. The number of carboxylic acids is 1. The fraction of sp³-hybridized carbons (Fsp3) is 0.154. The lowest BCUT2D eigenvalue weighted by atomic mass is 10.1. The second kappa shape index (κ2) is 12.6. The first-order chi connectivity index (χ1) is 19.1. The van der Waals surface area contributed by atoms with E-state index >= 15 is 0 Å². The third-order valence-electron chi connectivity index (χ3n) is 5.23. The Bertz CT molecular complexity index is 1470. The molecule has 0 aliphatic carbocycles. The van der Waals surface area contributed by atoms with Crippen molar-refractivity contribution in [2.24, 2.45) is 0 Å². The number of carboxylic acid groups (broad SMARTS) is 1. The maximum Gasteiger partial charge on any atom is 0.416 e. The van der Waals surface area contributed by atoms with Crippen molar-refractivity contribution >= 4 is 52.1 Å². The Morgan fingerprint density at radius 1 is 0.707 bits per heavy atom. The van der Waals surface area contributed by atoms with Crippen LogP contribution in [-0.2, 0) is 31.4 Å². The van der Waals surface area contributed by atoms with Gasteiger partial charge in [0.05, 0.1) is 27.9 Å². The molecular weight excluding hydrogens is 679 g/mol. The molecule has 0 saturated carbocycles. The van der Waals surface area contributed by atoms with E-state index in [1.54, 1.807) is 12.1 Å². The molecule has 0 aromatic heterocycles. The van der Waals surface area contributed by atoms with Crippen molar-refractivity contribution in [2.75, 3.05) is 5.32 Å². The van der Waals surface area contributed by atoms with E-state index in [0.29, 0.717) is 27.8 Å². The minimum atomic E-state index is -4.86. The summed E-state index contributed by atoms with van der Waals surface area (Å²) in [5.74, 6) is -6.62. The maximum atomic E-state index is 13.1. The largest absolute Gasteiger partial charge is 0.478 e. The summed E-state index contributed by atoms with van der Waals surface area (Å²) in [6.07, 6.45) is -14.9. The molecule has 41 heavy (non-hydrogen) atoms. The molecule has 0 unspecified atom stereocenters. The molecule has 2 atom stereocenters. The molecule has 216 valence electrons. The smallest absolute Gasteiger partial charge is 0.416 e. The number of carbonyl (C=O) groups excluding carboxylic acids is 3. The number of nitrogens with one attached hydrogen (secondary N) is 1. The molecule has 8 nitrogen and oxygen atoms in total. The average molecular weight is 695 g/mol. The van der Waals surface area contributed by atoms with Crippen molar-refractivity contribution in [2.45, 2.75) is 24.6 Å². The molecule has 0 saturated heterocycles. The number of rotatable bonds is 8. The zero-order valence-electron chi connectivity index (χ0n) is 20.1. The molecule has 0 radical (unpaired) electrons. The van der Waals surface area contributed by atoms with Crippen LogP contribution in [0.1, 0.15) is 31.8 Å². The molecule has 0 aliphatic heterocycles. The first kappa shape index (κ1) is 31.4. The van der Waals surface area contributed by atoms with Crippen molar-refractivity contribution in [3.05, 3.63) is 98.6 Å². The number of ether oxygens (including phenoxy) is 2. The van der Waals surface area contributed by atoms with E-state index in [1.807, 2.05) is 22.6 Å². The summed E-state index contributed by atoms with van der Waals surface area (Å²) in [5.41, 5.74) is -3.88. The summed E-state index contributed by atoms with van der Waals surface area (Å²) in [6.45, 7) is 0. The third-order valence-corrected chi connectivity index (χ3v) is 6.17. The Morgan fingerprint density at radius 2 is 1.17 bits per heavy atom. The number of para-hydroxylation sites is 1. The maximum absolute atomic E-state index is 13.1. The van der Waals surface area contributed by atoms with E-state index in [4.69, 9.17) is 9.47 Å². The Kier molecular flexibility index (Phi) is 9.62. The summed E-state index contributed by atoms with van der Waals surface area (Å²) >= 11 is 1.81. The number of hydrogen-bond acceptors (Lipinski definition) is 6. The van der Waals surface area contributed by atoms with Crippen LogP contribution in [0.4, 0.5) is 32.0 Å². The molecule has 2 N–H and O–H groups in total. The van der Waals surface area contributed by atoms with Gasteiger partial charge in [0.1, 0.15) is 0 Å². The van der Waals surface area contributed by atoms with Gasteiger partial charge in [-0.3, -0.25) is 4.79 Å². The van der Waals surface area contributed by atoms with Crippen LogP contribution in [0.3, 0.4) is 0 Å². The number of aliphatic carboxylic acids is 1. The molecule has 0 heterocycles. The lowest BCUT2D eigenvalue weighted by Crippen LogP contribution is -2.48. The second-order valence-electron chi connectivity index (χ2n) is 8.12. The van der Waals surface area contributed by atoms with Crippen LogP contribution in [0.5, 0.6) is 0 Å². The van der Waals surface area contributed by atoms with Crippen molar-refractivity contribution < 1.29 is 60.1 Å². The summed E-state index contributed by atoms with van der Waals surface area (Å²) < 4.78 is 88.8. The lowest BCUT2D eigenvalue weighted by molar-refractivity contribution is -0.157. The van der Waals surface area contributed by atoms with Gasteiger partial charge in [0.15, 0.2) is 0 Å². The number of carbonyl (C=O) groups is 4. The fourth-order valence-electron chi connectivity index (χ4n) is 3.27. The van der Waals surface area contributed by atoms with Crippen LogP contribution in [-0.4, -0.2) is 41.1 Å². The molecular formula is C26H16F6INO7. The van der Waals surface area contributed by atoms with Gasteiger partial charge in [-0.05, 0) is 71.1 Å². The third kappa shape index (κ3) is 8.18. The Balaban J connectivity index is 1.98. The number of hydrogen-bond donors (Lipinski definition) is 2. The standard InChI is InChI=1S/C26H16F6INO7/c27-25(28,29)15-7-3-5-13(11-15)23(38)40-19(21(35)34-18-10-2-1-9-17(18)33)20(22(36)37)41-24(39)14-6-4-8-16(12-14)26(30,31)32/h1-12,19-20H,(H,34,35)(H,36,37)/t19-,20-/m0/s1. The Labute approximate surface area is 240 Å². The monoisotopic (exact) mass is 695 g/mol. The van der Waals surface area contributed by atoms with Gasteiger partial charge in [0, 0.05) is 3.57 Å². The van der Waals surface area contributed by atoms with Crippen LogP contribution in [0.15, 0.2) is 72.8 Å². The van der Waals surface area contributed by atoms with Crippen LogP contribution in [0, 0.1) is 3.57 Å². The molecule has 3 aromatic rings. The van der Waals surface area contributed by atoms with Gasteiger partial charge < -0.3 is 19.9 Å². The Hall–Kier alpha value is -4.15. The van der Waals surface area contributed by atoms with Gasteiger partial charge in [-0.2, -0.15) is 26.3 Å². The van der Waals surface area contributed by atoms with Gasteiger partial charge in [0.2, 0.25) is 12.2 Å². The van der Waals surface area contributed by atoms with E-state index in [9.17, 15) is 50.6 Å². The summed E-state index contributed by atoms with van der Waals surface area (Å²) in [4.78, 5) is 50.6. The van der Waals surface area contributed by atoms with Crippen molar-refractivity contribution in [1.29, 1.82) is 0 Å². The summed E-state index contributed by atoms with van der Waals surface area (Å²) in [7, 11) is 0.